The number of fused-ring (bicyclic) bond motifs is 1. The molecule has 0 spiro atoms. The van der Waals surface area contributed by atoms with E-state index in [4.69, 9.17) is 0 Å². The van der Waals surface area contributed by atoms with E-state index in [1.165, 1.54) is 11.1 Å². The van der Waals surface area contributed by atoms with E-state index >= 15 is 0 Å². The molecule has 2 N–H and O–H groups in total. The quantitative estimate of drug-likeness (QED) is 0.838. The van der Waals surface area contributed by atoms with Gasteiger partial charge in [-0.2, -0.15) is 0 Å². The number of carbonyl (C=O) groups excluding carboxylic acids is 1. The fraction of sp³-hybridized carbons (Fsp3) is 0.533. The summed E-state index contributed by atoms with van der Waals surface area (Å²) in [4.78, 5) is 14.4. The van der Waals surface area contributed by atoms with Gasteiger partial charge >= 0.3 is 0 Å². The van der Waals surface area contributed by atoms with Crippen molar-refractivity contribution in [3.8, 4) is 0 Å². The van der Waals surface area contributed by atoms with Crippen LogP contribution in [0.2, 0.25) is 0 Å². The first-order chi connectivity index (χ1) is 9.20. The summed E-state index contributed by atoms with van der Waals surface area (Å²) >= 11 is 0. The number of benzene rings is 1. The third-order valence-electron chi connectivity index (χ3n) is 4.41. The SMILES string of the molecule is CC1CCN(C(=O)c2ccc3c(c2)CNC3)C1CO. The zero-order valence-electron chi connectivity index (χ0n) is 11.2. The third-order valence-corrected chi connectivity index (χ3v) is 4.41. The maximum absolute atomic E-state index is 12.6. The molecule has 1 amide bonds. The van der Waals surface area contributed by atoms with Gasteiger partial charge in [0.15, 0.2) is 0 Å². The number of amides is 1. The smallest absolute Gasteiger partial charge is 0.254 e. The number of likely N-dealkylation sites (tertiary alicyclic amines) is 1. The van der Waals surface area contributed by atoms with E-state index in [0.29, 0.717) is 5.92 Å². The average molecular weight is 260 g/mol. The average Bonchev–Trinajstić information content (AvgIpc) is 3.02. The Morgan fingerprint density at radius 1 is 1.42 bits per heavy atom. The molecule has 1 saturated heterocycles. The van der Waals surface area contributed by atoms with Crippen LogP contribution in [0.15, 0.2) is 18.2 Å². The summed E-state index contributed by atoms with van der Waals surface area (Å²) < 4.78 is 0. The van der Waals surface area contributed by atoms with Crippen LogP contribution >= 0.6 is 0 Å². The number of hydrogen-bond acceptors (Lipinski definition) is 3. The molecule has 4 nitrogen and oxygen atoms in total. The van der Waals surface area contributed by atoms with Gasteiger partial charge in [0, 0.05) is 25.2 Å². The van der Waals surface area contributed by atoms with Crippen LogP contribution < -0.4 is 5.32 Å². The van der Waals surface area contributed by atoms with Gasteiger partial charge in [-0.25, -0.2) is 0 Å². The molecule has 0 aliphatic carbocycles. The number of nitrogens with one attached hydrogen (secondary N) is 1. The van der Waals surface area contributed by atoms with Gasteiger partial charge in [0.25, 0.3) is 5.91 Å². The monoisotopic (exact) mass is 260 g/mol. The van der Waals surface area contributed by atoms with E-state index in [1.807, 2.05) is 23.1 Å². The number of carbonyl (C=O) groups is 1. The van der Waals surface area contributed by atoms with Gasteiger partial charge in [0.05, 0.1) is 12.6 Å². The molecule has 2 aliphatic heterocycles. The molecular weight excluding hydrogens is 240 g/mol. The molecule has 19 heavy (non-hydrogen) atoms. The second-order valence-electron chi connectivity index (χ2n) is 5.60. The zero-order valence-corrected chi connectivity index (χ0v) is 11.2. The van der Waals surface area contributed by atoms with Crippen LogP contribution in [0.1, 0.15) is 34.8 Å². The van der Waals surface area contributed by atoms with Crippen LogP contribution in [-0.2, 0) is 13.1 Å². The Morgan fingerprint density at radius 2 is 2.21 bits per heavy atom. The molecule has 2 heterocycles. The number of hydrogen-bond donors (Lipinski definition) is 2. The van der Waals surface area contributed by atoms with Gasteiger partial charge in [-0.3, -0.25) is 4.79 Å². The Morgan fingerprint density at radius 3 is 3.00 bits per heavy atom. The van der Waals surface area contributed by atoms with Gasteiger partial charge in [-0.05, 0) is 35.6 Å². The van der Waals surface area contributed by atoms with Crippen LogP contribution in [0.5, 0.6) is 0 Å². The van der Waals surface area contributed by atoms with Crippen LogP contribution in [0.3, 0.4) is 0 Å². The highest BCUT2D eigenvalue weighted by Crippen LogP contribution is 2.26. The number of aliphatic hydroxyl groups excluding tert-OH is 1. The maximum atomic E-state index is 12.6. The molecule has 2 aliphatic rings. The minimum absolute atomic E-state index is 0.0288. The predicted octanol–water partition coefficient (Wildman–Crippen LogP) is 1.13. The fourth-order valence-corrected chi connectivity index (χ4v) is 3.13. The summed E-state index contributed by atoms with van der Waals surface area (Å²) in [5, 5.41) is 12.7. The molecule has 4 heteroatoms. The Balaban J connectivity index is 1.84. The first-order valence-electron chi connectivity index (χ1n) is 6.95. The van der Waals surface area contributed by atoms with Crippen molar-refractivity contribution in [2.45, 2.75) is 32.5 Å². The Hall–Kier alpha value is -1.39. The van der Waals surface area contributed by atoms with Gasteiger partial charge in [0.2, 0.25) is 0 Å². The number of aliphatic hydroxyl groups is 1. The van der Waals surface area contributed by atoms with Crippen molar-refractivity contribution in [1.29, 1.82) is 0 Å². The summed E-state index contributed by atoms with van der Waals surface area (Å²) in [6, 6.07) is 5.91. The summed E-state index contributed by atoms with van der Waals surface area (Å²) in [7, 11) is 0. The lowest BCUT2D eigenvalue weighted by Gasteiger charge is -2.25. The third kappa shape index (κ3) is 2.15. The van der Waals surface area contributed by atoms with Crippen molar-refractivity contribution in [2.24, 2.45) is 5.92 Å². The molecule has 1 aromatic carbocycles. The summed E-state index contributed by atoms with van der Waals surface area (Å²) in [5.74, 6) is 0.433. The largest absolute Gasteiger partial charge is 0.394 e. The van der Waals surface area contributed by atoms with Gasteiger partial charge in [-0.1, -0.05) is 13.0 Å². The van der Waals surface area contributed by atoms with Crippen LogP contribution in [-0.4, -0.2) is 35.1 Å². The van der Waals surface area contributed by atoms with Crippen molar-refractivity contribution in [1.82, 2.24) is 10.2 Å². The Labute approximate surface area is 113 Å². The van der Waals surface area contributed by atoms with Gasteiger partial charge < -0.3 is 15.3 Å². The van der Waals surface area contributed by atoms with Crippen LogP contribution in [0.4, 0.5) is 0 Å². The maximum Gasteiger partial charge on any atom is 0.254 e. The molecule has 3 rings (SSSR count). The molecule has 0 radical (unpaired) electrons. The van der Waals surface area contributed by atoms with Crippen molar-refractivity contribution in [3.05, 3.63) is 34.9 Å². The number of nitrogens with zero attached hydrogens (tertiary/aromatic N) is 1. The molecule has 2 atom stereocenters. The van der Waals surface area contributed by atoms with Crippen molar-refractivity contribution in [2.75, 3.05) is 13.2 Å². The van der Waals surface area contributed by atoms with E-state index in [1.54, 1.807) is 0 Å². The molecule has 2 unspecified atom stereocenters. The van der Waals surface area contributed by atoms with Crippen LogP contribution in [0, 0.1) is 5.92 Å². The Kier molecular flexibility index (Phi) is 3.29. The molecule has 0 aromatic heterocycles. The predicted molar refractivity (Wildman–Crippen MR) is 72.7 cm³/mol. The highest BCUT2D eigenvalue weighted by Gasteiger charge is 2.34. The first kappa shape index (κ1) is 12.6. The second kappa shape index (κ2) is 4.94. The lowest BCUT2D eigenvalue weighted by molar-refractivity contribution is 0.0648. The lowest BCUT2D eigenvalue weighted by Crippen LogP contribution is -2.39. The normalized spacial score (nSPS) is 25.7. The van der Waals surface area contributed by atoms with Gasteiger partial charge in [-0.15, -0.1) is 0 Å². The zero-order chi connectivity index (χ0) is 13.4. The second-order valence-corrected chi connectivity index (χ2v) is 5.60. The van der Waals surface area contributed by atoms with Gasteiger partial charge in [0.1, 0.15) is 0 Å². The highest BCUT2D eigenvalue weighted by molar-refractivity contribution is 5.95. The Bertz CT molecular complexity index is 501. The lowest BCUT2D eigenvalue weighted by atomic mass is 10.0. The molecule has 102 valence electrons. The van der Waals surface area contributed by atoms with E-state index < -0.39 is 0 Å². The molecular formula is C15H20N2O2. The topological polar surface area (TPSA) is 52.6 Å². The number of rotatable bonds is 2. The highest BCUT2D eigenvalue weighted by atomic mass is 16.3. The van der Waals surface area contributed by atoms with E-state index in [-0.39, 0.29) is 18.6 Å². The van der Waals surface area contributed by atoms with E-state index in [9.17, 15) is 9.90 Å². The van der Waals surface area contributed by atoms with E-state index in [0.717, 1.165) is 31.6 Å². The summed E-state index contributed by atoms with van der Waals surface area (Å²) in [5.41, 5.74) is 3.25. The minimum Gasteiger partial charge on any atom is -0.394 e. The standard InChI is InChI=1S/C15H20N2O2/c1-10-4-5-17(14(10)9-18)15(19)11-2-3-12-7-16-8-13(12)6-11/h2-3,6,10,14,16,18H,4-5,7-9H2,1H3. The minimum atomic E-state index is -0.0288. The van der Waals surface area contributed by atoms with Crippen molar-refractivity contribution >= 4 is 5.91 Å². The van der Waals surface area contributed by atoms with Crippen LogP contribution in [0.25, 0.3) is 0 Å². The summed E-state index contributed by atoms with van der Waals surface area (Å²) in [6.45, 7) is 4.64. The fourth-order valence-electron chi connectivity index (χ4n) is 3.13. The van der Waals surface area contributed by atoms with Crippen molar-refractivity contribution < 1.29 is 9.90 Å². The molecule has 0 bridgehead atoms. The summed E-state index contributed by atoms with van der Waals surface area (Å²) in [6.07, 6.45) is 0.976. The molecule has 0 saturated carbocycles. The van der Waals surface area contributed by atoms with Crippen molar-refractivity contribution in [3.63, 3.8) is 0 Å². The first-order valence-corrected chi connectivity index (χ1v) is 6.95. The molecule has 1 aromatic rings. The van der Waals surface area contributed by atoms with E-state index in [2.05, 4.69) is 12.2 Å². The molecule has 1 fully saturated rings.